The van der Waals surface area contributed by atoms with Crippen molar-refractivity contribution in [2.75, 3.05) is 20.6 Å². The van der Waals surface area contributed by atoms with Crippen LogP contribution in [0, 0.1) is 6.92 Å². The minimum atomic E-state index is -3.59. The fourth-order valence-electron chi connectivity index (χ4n) is 2.95. The first kappa shape index (κ1) is 16.7. The predicted molar refractivity (Wildman–Crippen MR) is 89.2 cm³/mol. The minimum absolute atomic E-state index is 0.152. The fourth-order valence-corrected chi connectivity index (χ4v) is 4.38. The number of carbonyl (C=O) groups excluding carboxylic acids is 1. The van der Waals surface area contributed by atoms with Crippen molar-refractivity contribution in [2.45, 2.75) is 24.8 Å². The molecule has 128 valence electrons. The van der Waals surface area contributed by atoms with E-state index in [1.807, 2.05) is 0 Å². The van der Waals surface area contributed by atoms with Gasteiger partial charge in [0.1, 0.15) is 11.5 Å². The number of hydrogen-bond donors (Lipinski definition) is 0. The van der Waals surface area contributed by atoms with E-state index in [4.69, 9.17) is 4.42 Å². The molecule has 1 aliphatic rings. The fraction of sp³-hybridized carbons (Fsp3) is 0.353. The molecule has 3 rings (SSSR count). The van der Waals surface area contributed by atoms with Crippen molar-refractivity contribution in [2.24, 2.45) is 0 Å². The lowest BCUT2D eigenvalue weighted by Crippen LogP contribution is -2.36. The summed E-state index contributed by atoms with van der Waals surface area (Å²) in [7, 11) is -0.253. The Morgan fingerprint density at radius 2 is 1.88 bits per heavy atom. The molecule has 0 N–H and O–H groups in total. The molecule has 0 unspecified atom stereocenters. The van der Waals surface area contributed by atoms with Gasteiger partial charge in [0.25, 0.3) is 5.91 Å². The topological polar surface area (TPSA) is 70.8 Å². The second-order valence-corrected chi connectivity index (χ2v) is 7.97. The van der Waals surface area contributed by atoms with Crippen molar-refractivity contribution < 1.29 is 17.6 Å². The second-order valence-electron chi connectivity index (χ2n) is 6.04. The van der Waals surface area contributed by atoms with Crippen molar-refractivity contribution in [3.63, 3.8) is 0 Å². The highest BCUT2D eigenvalue weighted by atomic mass is 32.2. The zero-order valence-corrected chi connectivity index (χ0v) is 14.8. The molecule has 1 aliphatic heterocycles. The van der Waals surface area contributed by atoms with Crippen LogP contribution in [0.4, 0.5) is 0 Å². The molecular weight excluding hydrogens is 328 g/mol. The van der Waals surface area contributed by atoms with E-state index in [9.17, 15) is 13.2 Å². The first-order chi connectivity index (χ1) is 11.3. The summed E-state index contributed by atoms with van der Waals surface area (Å²) in [6, 6.07) is 8.34. The van der Waals surface area contributed by atoms with E-state index in [0.29, 0.717) is 35.6 Å². The molecular formula is C17H20N2O4S. The van der Waals surface area contributed by atoms with Crippen LogP contribution in [0.2, 0.25) is 0 Å². The largest absolute Gasteiger partial charge is 0.465 e. The third kappa shape index (κ3) is 2.74. The molecule has 24 heavy (non-hydrogen) atoms. The van der Waals surface area contributed by atoms with Crippen LogP contribution in [0.15, 0.2) is 39.6 Å². The van der Waals surface area contributed by atoms with Gasteiger partial charge in [-0.05, 0) is 19.1 Å². The lowest BCUT2D eigenvalue weighted by Gasteiger charge is -2.26. The number of furan rings is 1. The maximum atomic E-state index is 12.8. The van der Waals surface area contributed by atoms with Crippen LogP contribution in [0.5, 0.6) is 0 Å². The molecule has 0 atom stereocenters. The van der Waals surface area contributed by atoms with Gasteiger partial charge in [0.15, 0.2) is 0 Å². The SMILES string of the molecule is Cc1oc2c(c1C(=O)N(C)C)CN(S(=O)(=O)c1ccccc1)CC2. The number of nitrogens with zero attached hydrogens (tertiary/aromatic N) is 2. The number of rotatable bonds is 3. The summed E-state index contributed by atoms with van der Waals surface area (Å²) in [5, 5.41) is 0. The quantitative estimate of drug-likeness (QED) is 0.851. The van der Waals surface area contributed by atoms with E-state index in [1.54, 1.807) is 51.4 Å². The Morgan fingerprint density at radius 3 is 2.50 bits per heavy atom. The van der Waals surface area contributed by atoms with Gasteiger partial charge in [0.2, 0.25) is 10.0 Å². The maximum Gasteiger partial charge on any atom is 0.257 e. The lowest BCUT2D eigenvalue weighted by molar-refractivity contribution is 0.0824. The van der Waals surface area contributed by atoms with Crippen LogP contribution in [0.1, 0.15) is 27.4 Å². The van der Waals surface area contributed by atoms with Gasteiger partial charge >= 0.3 is 0 Å². The van der Waals surface area contributed by atoms with Crippen LogP contribution in [-0.2, 0) is 23.0 Å². The molecule has 2 heterocycles. The normalized spacial score (nSPS) is 15.1. The van der Waals surface area contributed by atoms with Gasteiger partial charge in [0.05, 0.1) is 10.5 Å². The molecule has 2 aromatic rings. The Morgan fingerprint density at radius 1 is 1.21 bits per heavy atom. The molecule has 0 fully saturated rings. The summed E-state index contributed by atoms with van der Waals surface area (Å²) in [6.45, 7) is 2.23. The van der Waals surface area contributed by atoms with Crippen molar-refractivity contribution in [1.29, 1.82) is 0 Å². The highest BCUT2D eigenvalue weighted by Gasteiger charge is 2.34. The van der Waals surface area contributed by atoms with Gasteiger partial charge in [-0.3, -0.25) is 4.79 Å². The first-order valence-electron chi connectivity index (χ1n) is 7.70. The Kier molecular flexibility index (Phi) is 4.23. The van der Waals surface area contributed by atoms with Crippen molar-refractivity contribution >= 4 is 15.9 Å². The summed E-state index contributed by atoms with van der Waals surface area (Å²) in [5.74, 6) is 1.08. The van der Waals surface area contributed by atoms with Crippen LogP contribution in [0.3, 0.4) is 0 Å². The van der Waals surface area contributed by atoms with E-state index < -0.39 is 10.0 Å². The van der Waals surface area contributed by atoms with E-state index in [2.05, 4.69) is 0 Å². The molecule has 0 saturated heterocycles. The van der Waals surface area contributed by atoms with Crippen molar-refractivity contribution in [1.82, 2.24) is 9.21 Å². The zero-order valence-electron chi connectivity index (χ0n) is 13.9. The Bertz CT molecular complexity index is 869. The number of aryl methyl sites for hydroxylation is 1. The average molecular weight is 348 g/mol. The number of sulfonamides is 1. The second kappa shape index (κ2) is 6.07. The molecule has 0 spiro atoms. The third-order valence-electron chi connectivity index (χ3n) is 4.19. The zero-order chi connectivity index (χ0) is 17.5. The summed E-state index contributed by atoms with van der Waals surface area (Å²) in [6.07, 6.45) is 0.461. The Hall–Kier alpha value is -2.12. The summed E-state index contributed by atoms with van der Waals surface area (Å²) < 4.78 is 32.8. The Labute approximate surface area is 141 Å². The smallest absolute Gasteiger partial charge is 0.257 e. The van der Waals surface area contributed by atoms with Crippen LogP contribution in [0.25, 0.3) is 0 Å². The summed E-state index contributed by atoms with van der Waals surface area (Å²) >= 11 is 0. The molecule has 7 heteroatoms. The number of hydrogen-bond acceptors (Lipinski definition) is 4. The van der Waals surface area contributed by atoms with Crippen LogP contribution < -0.4 is 0 Å². The van der Waals surface area contributed by atoms with E-state index in [1.165, 1.54) is 9.21 Å². The first-order valence-corrected chi connectivity index (χ1v) is 9.14. The van der Waals surface area contributed by atoms with Gasteiger partial charge in [-0.2, -0.15) is 4.31 Å². The van der Waals surface area contributed by atoms with E-state index in [-0.39, 0.29) is 17.3 Å². The molecule has 1 aromatic carbocycles. The van der Waals surface area contributed by atoms with Crippen molar-refractivity contribution in [3.05, 3.63) is 53.0 Å². The van der Waals surface area contributed by atoms with E-state index in [0.717, 1.165) is 0 Å². The molecule has 1 amide bonds. The van der Waals surface area contributed by atoms with Crippen LogP contribution >= 0.6 is 0 Å². The monoisotopic (exact) mass is 348 g/mol. The number of fused-ring (bicyclic) bond motifs is 1. The highest BCUT2D eigenvalue weighted by molar-refractivity contribution is 7.89. The van der Waals surface area contributed by atoms with Gasteiger partial charge in [-0.1, -0.05) is 18.2 Å². The maximum absolute atomic E-state index is 12.8. The molecule has 6 nitrogen and oxygen atoms in total. The van der Waals surface area contributed by atoms with Gasteiger partial charge < -0.3 is 9.32 Å². The summed E-state index contributed by atoms with van der Waals surface area (Å²) in [4.78, 5) is 14.2. The molecule has 0 aliphatic carbocycles. The van der Waals surface area contributed by atoms with Gasteiger partial charge in [-0.25, -0.2) is 8.42 Å². The van der Waals surface area contributed by atoms with Gasteiger partial charge in [0, 0.05) is 39.2 Å². The number of carbonyl (C=O) groups is 1. The van der Waals surface area contributed by atoms with E-state index >= 15 is 0 Å². The summed E-state index contributed by atoms with van der Waals surface area (Å²) in [5.41, 5.74) is 1.15. The highest BCUT2D eigenvalue weighted by Crippen LogP contribution is 2.31. The van der Waals surface area contributed by atoms with Gasteiger partial charge in [-0.15, -0.1) is 0 Å². The standard InChI is InChI=1S/C17H20N2O4S/c1-12-16(17(20)18(2)3)14-11-19(10-9-15(14)23-12)24(21,22)13-7-5-4-6-8-13/h4-8H,9-11H2,1-3H3. The minimum Gasteiger partial charge on any atom is -0.465 e. The average Bonchev–Trinajstić information content (AvgIpc) is 2.89. The molecule has 0 bridgehead atoms. The number of benzene rings is 1. The lowest BCUT2D eigenvalue weighted by atomic mass is 10.0. The predicted octanol–water partition coefficient (Wildman–Crippen LogP) is 2.04. The number of amides is 1. The van der Waals surface area contributed by atoms with Crippen molar-refractivity contribution in [3.8, 4) is 0 Å². The molecule has 1 aromatic heterocycles. The molecule has 0 saturated carbocycles. The van der Waals surface area contributed by atoms with Crippen LogP contribution in [-0.4, -0.2) is 44.2 Å². The Balaban J connectivity index is 1.99. The molecule has 0 radical (unpaired) electrons. The third-order valence-corrected chi connectivity index (χ3v) is 6.05.